The van der Waals surface area contributed by atoms with E-state index in [0.717, 1.165) is 32.1 Å². The standard InChI is InChI=1S/C20H34N2O4/c1-14(19(25)10-6-11-19)22(15(2)20(26)12-7-13-20)17(24)18(16(21)23)8-4-3-5-9-18/h14-15,25-26H,3-13H2,1-2H3,(H2,21,23). The molecular weight excluding hydrogens is 332 g/mol. The van der Waals surface area contributed by atoms with Crippen LogP contribution in [0.1, 0.15) is 84.5 Å². The molecule has 3 aliphatic carbocycles. The second-order valence-corrected chi connectivity index (χ2v) is 8.99. The van der Waals surface area contributed by atoms with E-state index >= 15 is 0 Å². The first-order valence-corrected chi connectivity index (χ1v) is 10.2. The van der Waals surface area contributed by atoms with Gasteiger partial charge in [0.15, 0.2) is 0 Å². The highest BCUT2D eigenvalue weighted by Crippen LogP contribution is 2.46. The van der Waals surface area contributed by atoms with Gasteiger partial charge in [-0.25, -0.2) is 0 Å². The first-order chi connectivity index (χ1) is 12.2. The number of nitrogens with zero attached hydrogens (tertiary/aromatic N) is 1. The lowest BCUT2D eigenvalue weighted by molar-refractivity contribution is -0.182. The molecule has 0 aromatic heterocycles. The molecule has 3 rings (SSSR count). The summed E-state index contributed by atoms with van der Waals surface area (Å²) in [6, 6.07) is -0.886. The molecular formula is C20H34N2O4. The summed E-state index contributed by atoms with van der Waals surface area (Å²) in [5.74, 6) is -0.849. The van der Waals surface area contributed by atoms with Crippen LogP contribution < -0.4 is 5.73 Å². The number of amides is 2. The average molecular weight is 367 g/mol. The van der Waals surface area contributed by atoms with E-state index in [1.54, 1.807) is 4.90 Å². The van der Waals surface area contributed by atoms with Gasteiger partial charge in [0, 0.05) is 0 Å². The van der Waals surface area contributed by atoms with Gasteiger partial charge in [-0.2, -0.15) is 0 Å². The molecule has 3 saturated carbocycles. The van der Waals surface area contributed by atoms with Crippen molar-refractivity contribution in [2.45, 2.75) is 108 Å². The van der Waals surface area contributed by atoms with Gasteiger partial charge in [-0.3, -0.25) is 9.59 Å². The maximum Gasteiger partial charge on any atom is 0.238 e. The van der Waals surface area contributed by atoms with Gasteiger partial charge < -0.3 is 20.8 Å². The molecule has 0 radical (unpaired) electrons. The minimum atomic E-state index is -1.19. The molecule has 26 heavy (non-hydrogen) atoms. The van der Waals surface area contributed by atoms with E-state index in [1.807, 2.05) is 13.8 Å². The summed E-state index contributed by atoms with van der Waals surface area (Å²) in [5.41, 5.74) is 2.68. The predicted molar refractivity (Wildman–Crippen MR) is 98.1 cm³/mol. The maximum absolute atomic E-state index is 13.7. The lowest BCUT2D eigenvalue weighted by Gasteiger charge is -2.55. The zero-order chi connectivity index (χ0) is 19.2. The van der Waals surface area contributed by atoms with Crippen molar-refractivity contribution >= 4 is 11.8 Å². The van der Waals surface area contributed by atoms with Crippen molar-refractivity contribution in [3.8, 4) is 0 Å². The van der Waals surface area contributed by atoms with Crippen LogP contribution in [0.15, 0.2) is 0 Å². The number of nitrogens with two attached hydrogens (primary N) is 1. The fourth-order valence-electron chi connectivity index (χ4n) is 5.09. The molecule has 4 N–H and O–H groups in total. The first-order valence-electron chi connectivity index (χ1n) is 10.2. The summed E-state index contributed by atoms with van der Waals surface area (Å²) < 4.78 is 0. The Hall–Kier alpha value is -1.14. The molecule has 3 aliphatic rings. The number of primary amides is 1. The van der Waals surface area contributed by atoms with E-state index in [-0.39, 0.29) is 5.91 Å². The Morgan fingerprint density at radius 1 is 0.808 bits per heavy atom. The summed E-state index contributed by atoms with van der Waals surface area (Å²) in [6.07, 6.45) is 7.99. The van der Waals surface area contributed by atoms with Crippen molar-refractivity contribution in [2.24, 2.45) is 11.1 Å². The number of aliphatic hydroxyl groups is 2. The molecule has 0 aliphatic heterocycles. The van der Waals surface area contributed by atoms with Crippen molar-refractivity contribution in [1.82, 2.24) is 4.90 Å². The Morgan fingerprint density at radius 2 is 1.23 bits per heavy atom. The molecule has 2 amide bonds. The topological polar surface area (TPSA) is 104 Å². The number of carbonyl (C=O) groups excluding carboxylic acids is 2. The van der Waals surface area contributed by atoms with Crippen LogP contribution in [0.2, 0.25) is 0 Å². The molecule has 0 saturated heterocycles. The van der Waals surface area contributed by atoms with E-state index in [0.29, 0.717) is 38.5 Å². The summed E-state index contributed by atoms with van der Waals surface area (Å²) in [7, 11) is 0. The SMILES string of the molecule is CC(N(C(=O)C1(C(N)=O)CCCCC1)C(C)C1(O)CCC1)C1(O)CCC1. The molecule has 6 nitrogen and oxygen atoms in total. The van der Waals surface area contributed by atoms with Gasteiger partial charge in [0.1, 0.15) is 5.41 Å². The number of hydrogen-bond acceptors (Lipinski definition) is 4. The lowest BCUT2D eigenvalue weighted by atomic mass is 9.68. The Morgan fingerprint density at radius 3 is 1.54 bits per heavy atom. The summed E-state index contributed by atoms with van der Waals surface area (Å²) in [5, 5.41) is 21.9. The van der Waals surface area contributed by atoms with E-state index < -0.39 is 34.6 Å². The van der Waals surface area contributed by atoms with Crippen molar-refractivity contribution in [1.29, 1.82) is 0 Å². The molecule has 0 aromatic rings. The third-order valence-electron chi connectivity index (χ3n) is 7.65. The van der Waals surface area contributed by atoms with Crippen molar-refractivity contribution < 1.29 is 19.8 Å². The minimum Gasteiger partial charge on any atom is -0.388 e. The van der Waals surface area contributed by atoms with Crippen LogP contribution in [0.4, 0.5) is 0 Å². The van der Waals surface area contributed by atoms with E-state index in [4.69, 9.17) is 5.73 Å². The van der Waals surface area contributed by atoms with Gasteiger partial charge in [0.05, 0.1) is 23.3 Å². The zero-order valence-electron chi connectivity index (χ0n) is 16.2. The highest BCUT2D eigenvalue weighted by Gasteiger charge is 2.56. The molecule has 0 bridgehead atoms. The van der Waals surface area contributed by atoms with Gasteiger partial charge in [-0.05, 0) is 65.2 Å². The van der Waals surface area contributed by atoms with Gasteiger partial charge in [0.2, 0.25) is 11.8 Å². The largest absolute Gasteiger partial charge is 0.388 e. The first kappa shape index (κ1) is 19.6. The Balaban J connectivity index is 1.95. The smallest absolute Gasteiger partial charge is 0.238 e. The Labute approximate surface area is 156 Å². The predicted octanol–water partition coefficient (Wildman–Crippen LogP) is 1.86. The normalized spacial score (nSPS) is 28.2. The molecule has 6 heteroatoms. The van der Waals surface area contributed by atoms with Gasteiger partial charge >= 0.3 is 0 Å². The monoisotopic (exact) mass is 366 g/mol. The van der Waals surface area contributed by atoms with Crippen molar-refractivity contribution in [2.75, 3.05) is 0 Å². The van der Waals surface area contributed by atoms with Crippen LogP contribution in [0.5, 0.6) is 0 Å². The third kappa shape index (κ3) is 2.95. The fourth-order valence-corrected chi connectivity index (χ4v) is 5.09. The number of hydrogen-bond donors (Lipinski definition) is 3. The second kappa shape index (κ2) is 6.79. The highest BCUT2D eigenvalue weighted by molar-refractivity contribution is 6.04. The Bertz CT molecular complexity index is 536. The summed E-state index contributed by atoms with van der Waals surface area (Å²) in [4.78, 5) is 27.7. The van der Waals surface area contributed by atoms with Crippen LogP contribution in [-0.4, -0.2) is 50.2 Å². The summed E-state index contributed by atoms with van der Waals surface area (Å²) in [6.45, 7) is 3.71. The molecule has 3 fully saturated rings. The molecule has 148 valence electrons. The van der Waals surface area contributed by atoms with Crippen molar-refractivity contribution in [3.63, 3.8) is 0 Å². The number of carbonyl (C=O) groups is 2. The quantitative estimate of drug-likeness (QED) is 0.624. The molecule has 0 aromatic carbocycles. The fraction of sp³-hybridized carbons (Fsp3) is 0.900. The zero-order valence-corrected chi connectivity index (χ0v) is 16.2. The molecule has 2 unspecified atom stereocenters. The summed E-state index contributed by atoms with van der Waals surface area (Å²) >= 11 is 0. The average Bonchev–Trinajstić information content (AvgIpc) is 2.57. The molecule has 0 spiro atoms. The van der Waals surface area contributed by atoms with Crippen LogP contribution in [0.25, 0.3) is 0 Å². The van der Waals surface area contributed by atoms with Gasteiger partial charge in [0.25, 0.3) is 0 Å². The van der Waals surface area contributed by atoms with Crippen LogP contribution in [-0.2, 0) is 9.59 Å². The second-order valence-electron chi connectivity index (χ2n) is 8.99. The van der Waals surface area contributed by atoms with Crippen LogP contribution in [0.3, 0.4) is 0 Å². The molecule has 2 atom stereocenters. The number of rotatable bonds is 6. The van der Waals surface area contributed by atoms with Crippen LogP contribution >= 0.6 is 0 Å². The van der Waals surface area contributed by atoms with Gasteiger partial charge in [-0.1, -0.05) is 19.3 Å². The lowest BCUT2D eigenvalue weighted by Crippen LogP contribution is -2.68. The van der Waals surface area contributed by atoms with Crippen LogP contribution in [0, 0.1) is 5.41 Å². The highest BCUT2D eigenvalue weighted by atomic mass is 16.3. The minimum absolute atomic E-state index is 0.287. The van der Waals surface area contributed by atoms with E-state index in [1.165, 1.54) is 0 Å². The maximum atomic E-state index is 13.7. The van der Waals surface area contributed by atoms with E-state index in [2.05, 4.69) is 0 Å². The Kier molecular flexibility index (Phi) is 5.12. The van der Waals surface area contributed by atoms with E-state index in [9.17, 15) is 19.8 Å². The van der Waals surface area contributed by atoms with Gasteiger partial charge in [-0.15, -0.1) is 0 Å². The van der Waals surface area contributed by atoms with Crippen molar-refractivity contribution in [3.05, 3.63) is 0 Å². The third-order valence-corrected chi connectivity index (χ3v) is 7.65. The molecule has 0 heterocycles.